The first-order chi connectivity index (χ1) is 7.72. The SMILES string of the molecule is O=C(/C=C/c1ccc(Cl)cc1)NCCCCl. The number of hydrogen-bond acceptors (Lipinski definition) is 1. The highest BCUT2D eigenvalue weighted by Crippen LogP contribution is 2.10. The van der Waals surface area contributed by atoms with Gasteiger partial charge in [-0.15, -0.1) is 11.6 Å². The molecular formula is C12H13Cl2NO. The second-order valence-electron chi connectivity index (χ2n) is 3.22. The van der Waals surface area contributed by atoms with Crippen LogP contribution in [0.1, 0.15) is 12.0 Å². The quantitative estimate of drug-likeness (QED) is 0.490. The fraction of sp³-hybridized carbons (Fsp3) is 0.250. The molecule has 0 aliphatic carbocycles. The molecule has 1 amide bonds. The van der Waals surface area contributed by atoms with Crippen molar-refractivity contribution in [2.75, 3.05) is 12.4 Å². The molecule has 16 heavy (non-hydrogen) atoms. The molecule has 0 spiro atoms. The van der Waals surface area contributed by atoms with Crippen LogP contribution in [0.15, 0.2) is 30.3 Å². The van der Waals surface area contributed by atoms with Crippen LogP contribution in [0, 0.1) is 0 Å². The highest BCUT2D eigenvalue weighted by Gasteiger charge is 1.94. The summed E-state index contributed by atoms with van der Waals surface area (Å²) in [7, 11) is 0. The Kier molecular flexibility index (Phi) is 5.98. The van der Waals surface area contributed by atoms with E-state index < -0.39 is 0 Å². The van der Waals surface area contributed by atoms with Crippen molar-refractivity contribution in [3.63, 3.8) is 0 Å². The minimum atomic E-state index is -0.111. The van der Waals surface area contributed by atoms with E-state index in [-0.39, 0.29) is 5.91 Å². The van der Waals surface area contributed by atoms with Gasteiger partial charge in [0.15, 0.2) is 0 Å². The predicted molar refractivity (Wildman–Crippen MR) is 68.8 cm³/mol. The second-order valence-corrected chi connectivity index (χ2v) is 4.03. The lowest BCUT2D eigenvalue weighted by Gasteiger charge is -1.98. The van der Waals surface area contributed by atoms with E-state index in [1.165, 1.54) is 6.08 Å². The molecule has 1 rings (SSSR count). The molecule has 0 fully saturated rings. The van der Waals surface area contributed by atoms with Crippen LogP contribution < -0.4 is 5.32 Å². The molecule has 4 heteroatoms. The molecule has 0 saturated carbocycles. The van der Waals surface area contributed by atoms with E-state index in [0.29, 0.717) is 17.4 Å². The highest BCUT2D eigenvalue weighted by molar-refractivity contribution is 6.30. The van der Waals surface area contributed by atoms with Crippen LogP contribution in [0.4, 0.5) is 0 Å². The molecule has 2 nitrogen and oxygen atoms in total. The van der Waals surface area contributed by atoms with E-state index in [4.69, 9.17) is 23.2 Å². The molecule has 1 N–H and O–H groups in total. The average molecular weight is 258 g/mol. The summed E-state index contributed by atoms with van der Waals surface area (Å²) < 4.78 is 0. The Morgan fingerprint density at radius 3 is 2.62 bits per heavy atom. The lowest BCUT2D eigenvalue weighted by molar-refractivity contribution is -0.116. The molecule has 0 saturated heterocycles. The van der Waals surface area contributed by atoms with Gasteiger partial charge in [-0.3, -0.25) is 4.79 Å². The van der Waals surface area contributed by atoms with Crippen LogP contribution in [0.3, 0.4) is 0 Å². The first-order valence-electron chi connectivity index (χ1n) is 5.00. The average Bonchev–Trinajstić information content (AvgIpc) is 2.29. The van der Waals surface area contributed by atoms with Crippen molar-refractivity contribution in [2.45, 2.75) is 6.42 Å². The number of carbonyl (C=O) groups excluding carboxylic acids is 1. The van der Waals surface area contributed by atoms with Gasteiger partial charge in [0.1, 0.15) is 0 Å². The minimum absolute atomic E-state index is 0.111. The zero-order valence-corrected chi connectivity index (χ0v) is 10.3. The maximum absolute atomic E-state index is 11.3. The molecule has 0 heterocycles. The van der Waals surface area contributed by atoms with Crippen LogP contribution in [0.25, 0.3) is 6.08 Å². The Balaban J connectivity index is 2.41. The van der Waals surface area contributed by atoms with Gasteiger partial charge in [-0.1, -0.05) is 23.7 Å². The second kappa shape index (κ2) is 7.31. The number of amides is 1. The van der Waals surface area contributed by atoms with E-state index in [1.807, 2.05) is 12.1 Å². The van der Waals surface area contributed by atoms with Crippen molar-refractivity contribution in [2.24, 2.45) is 0 Å². The zero-order chi connectivity index (χ0) is 11.8. The molecule has 1 aromatic rings. The summed E-state index contributed by atoms with van der Waals surface area (Å²) in [6, 6.07) is 7.27. The monoisotopic (exact) mass is 257 g/mol. The summed E-state index contributed by atoms with van der Waals surface area (Å²) in [5, 5.41) is 3.41. The van der Waals surface area contributed by atoms with E-state index in [9.17, 15) is 4.79 Å². The van der Waals surface area contributed by atoms with Gasteiger partial charge in [-0.05, 0) is 30.2 Å². The number of hydrogen-bond donors (Lipinski definition) is 1. The maximum atomic E-state index is 11.3. The molecule has 0 radical (unpaired) electrons. The summed E-state index contributed by atoms with van der Waals surface area (Å²) in [6.07, 6.45) is 4.02. The van der Waals surface area contributed by atoms with Crippen LogP contribution in [-0.4, -0.2) is 18.3 Å². The lowest BCUT2D eigenvalue weighted by Crippen LogP contribution is -2.22. The Hall–Kier alpha value is -0.990. The highest BCUT2D eigenvalue weighted by atomic mass is 35.5. The molecule has 0 aliphatic heterocycles. The third kappa shape index (κ3) is 5.19. The van der Waals surface area contributed by atoms with Gasteiger partial charge in [-0.25, -0.2) is 0 Å². The van der Waals surface area contributed by atoms with Crippen LogP contribution in [0.2, 0.25) is 5.02 Å². The number of benzene rings is 1. The smallest absolute Gasteiger partial charge is 0.243 e. The fourth-order valence-electron chi connectivity index (χ4n) is 1.08. The van der Waals surface area contributed by atoms with E-state index >= 15 is 0 Å². The summed E-state index contributed by atoms with van der Waals surface area (Å²) in [5.41, 5.74) is 0.942. The van der Waals surface area contributed by atoms with Crippen LogP contribution in [0.5, 0.6) is 0 Å². The topological polar surface area (TPSA) is 29.1 Å². The van der Waals surface area contributed by atoms with E-state index in [1.54, 1.807) is 18.2 Å². The normalized spacial score (nSPS) is 10.6. The van der Waals surface area contributed by atoms with Crippen molar-refractivity contribution in [3.8, 4) is 0 Å². The summed E-state index contributed by atoms with van der Waals surface area (Å²) in [5.74, 6) is 0.446. The number of nitrogens with one attached hydrogen (secondary N) is 1. The van der Waals surface area contributed by atoms with Gasteiger partial charge in [0.05, 0.1) is 0 Å². The van der Waals surface area contributed by atoms with Crippen molar-refractivity contribution < 1.29 is 4.79 Å². The van der Waals surface area contributed by atoms with Crippen molar-refractivity contribution in [1.82, 2.24) is 5.32 Å². The molecule has 1 aromatic carbocycles. The van der Waals surface area contributed by atoms with E-state index in [2.05, 4.69) is 5.32 Å². The largest absolute Gasteiger partial charge is 0.353 e. The third-order valence-corrected chi connectivity index (χ3v) is 2.43. The van der Waals surface area contributed by atoms with Gasteiger partial charge < -0.3 is 5.32 Å². The number of rotatable bonds is 5. The van der Waals surface area contributed by atoms with E-state index in [0.717, 1.165) is 12.0 Å². The molecular weight excluding hydrogens is 245 g/mol. The van der Waals surface area contributed by atoms with Crippen molar-refractivity contribution in [3.05, 3.63) is 40.9 Å². The van der Waals surface area contributed by atoms with Crippen molar-refractivity contribution >= 4 is 35.2 Å². The van der Waals surface area contributed by atoms with Crippen LogP contribution in [-0.2, 0) is 4.79 Å². The van der Waals surface area contributed by atoms with Crippen LogP contribution >= 0.6 is 23.2 Å². The minimum Gasteiger partial charge on any atom is -0.353 e. The van der Waals surface area contributed by atoms with Gasteiger partial charge in [0.2, 0.25) is 5.91 Å². The zero-order valence-electron chi connectivity index (χ0n) is 8.75. The number of carbonyl (C=O) groups is 1. The fourth-order valence-corrected chi connectivity index (χ4v) is 1.34. The molecule has 86 valence electrons. The van der Waals surface area contributed by atoms with Gasteiger partial charge in [-0.2, -0.15) is 0 Å². The predicted octanol–water partition coefficient (Wildman–Crippen LogP) is 3.10. The Bertz CT molecular complexity index is 360. The van der Waals surface area contributed by atoms with Gasteiger partial charge >= 0.3 is 0 Å². The number of halogens is 2. The van der Waals surface area contributed by atoms with Crippen molar-refractivity contribution in [1.29, 1.82) is 0 Å². The first-order valence-corrected chi connectivity index (χ1v) is 5.91. The molecule has 0 aliphatic rings. The number of alkyl halides is 1. The molecule has 0 unspecified atom stereocenters. The summed E-state index contributed by atoms with van der Waals surface area (Å²) in [4.78, 5) is 11.3. The first kappa shape index (κ1) is 13.1. The Morgan fingerprint density at radius 1 is 1.31 bits per heavy atom. The Morgan fingerprint density at radius 2 is 2.00 bits per heavy atom. The maximum Gasteiger partial charge on any atom is 0.243 e. The summed E-state index contributed by atoms with van der Waals surface area (Å²) in [6.45, 7) is 0.604. The molecule has 0 bridgehead atoms. The van der Waals surface area contributed by atoms with Gasteiger partial charge in [0.25, 0.3) is 0 Å². The Labute approximate surface area is 105 Å². The molecule has 0 atom stereocenters. The summed E-state index contributed by atoms with van der Waals surface area (Å²) >= 11 is 11.2. The lowest BCUT2D eigenvalue weighted by atomic mass is 10.2. The third-order valence-electron chi connectivity index (χ3n) is 1.91. The standard InChI is InChI=1S/C12H13Cl2NO/c13-8-1-9-15-12(16)7-4-10-2-5-11(14)6-3-10/h2-7H,1,8-9H2,(H,15,16)/b7-4+. The molecule has 0 aromatic heterocycles. The van der Waals surface area contributed by atoms with Gasteiger partial charge in [0, 0.05) is 23.5 Å².